The Balaban J connectivity index is 1.97. The molecule has 1 aromatic heterocycles. The average molecular weight is 630 g/mol. The second-order valence-corrected chi connectivity index (χ2v) is 10.2. The fourth-order valence-corrected chi connectivity index (χ4v) is 5.21. The molecule has 1 radical (unpaired) electrons. The monoisotopic (exact) mass is 630 g/mol. The van der Waals surface area contributed by atoms with Crippen LogP contribution in [0.3, 0.4) is 0 Å². The molecule has 4 rings (SSSR count). The van der Waals surface area contributed by atoms with E-state index in [4.69, 9.17) is 9.97 Å². The highest BCUT2D eigenvalue weighted by Gasteiger charge is 2.15. The van der Waals surface area contributed by atoms with Crippen molar-refractivity contribution in [3.63, 3.8) is 0 Å². The normalized spacial score (nSPS) is 11.0. The first-order valence-electron chi connectivity index (χ1n) is 10.2. The zero-order valence-electron chi connectivity index (χ0n) is 18.1. The number of benzene rings is 3. The van der Waals surface area contributed by atoms with Gasteiger partial charge < -0.3 is 22.6 Å². The third kappa shape index (κ3) is 5.17. The summed E-state index contributed by atoms with van der Waals surface area (Å²) >= 11 is 4.79. The molecule has 31 heavy (non-hydrogen) atoms. The zero-order chi connectivity index (χ0) is 22.1. The predicted octanol–water partition coefficient (Wildman–Crippen LogP) is 4.37. The number of nitrogens with zero attached hydrogens (tertiary/aromatic N) is 2. The van der Waals surface area contributed by atoms with Crippen LogP contribution in [0.5, 0.6) is 0 Å². The highest BCUT2D eigenvalue weighted by molar-refractivity contribution is 14.1. The van der Waals surface area contributed by atoms with Gasteiger partial charge >= 0.3 is 0 Å². The summed E-state index contributed by atoms with van der Waals surface area (Å²) in [4.78, 5) is 10.1. The van der Waals surface area contributed by atoms with Crippen molar-refractivity contribution in [1.82, 2.24) is 9.97 Å². The molecule has 0 spiro atoms. The van der Waals surface area contributed by atoms with E-state index in [1.165, 1.54) is 31.4 Å². The summed E-state index contributed by atoms with van der Waals surface area (Å²) in [7, 11) is 0. The standard InChI is InChI=1S/C27H24I2N2/c1-16-5-17(2)8-22(7-16)26-27(23-9-18(3)6-19(4)10-23)31-25(15-30-26)21-11-20(14-28)12-24(29)13-21/h5-13,15H,14H2,1-4H3/q-1. The Kier molecular flexibility index (Phi) is 6.77. The van der Waals surface area contributed by atoms with Crippen LogP contribution < -0.4 is 22.6 Å². The van der Waals surface area contributed by atoms with E-state index < -0.39 is 0 Å². The van der Waals surface area contributed by atoms with Crippen LogP contribution in [0.4, 0.5) is 0 Å². The van der Waals surface area contributed by atoms with Gasteiger partial charge in [0.1, 0.15) is 0 Å². The van der Waals surface area contributed by atoms with Gasteiger partial charge in [-0.15, -0.1) is 0 Å². The summed E-state index contributed by atoms with van der Waals surface area (Å²) in [5, 5.41) is 0. The molecule has 1 heterocycles. The van der Waals surface area contributed by atoms with Crippen LogP contribution in [0.25, 0.3) is 33.8 Å². The number of hydrogen-bond acceptors (Lipinski definition) is 2. The summed E-state index contributed by atoms with van der Waals surface area (Å²) in [6, 6.07) is 19.8. The number of halogens is 2. The van der Waals surface area contributed by atoms with Gasteiger partial charge in [0.2, 0.25) is 0 Å². The van der Waals surface area contributed by atoms with Gasteiger partial charge in [0.15, 0.2) is 0 Å². The van der Waals surface area contributed by atoms with Gasteiger partial charge in [0.25, 0.3) is 0 Å². The van der Waals surface area contributed by atoms with E-state index in [1.807, 2.05) is 6.20 Å². The molecule has 0 aliphatic heterocycles. The first kappa shape index (κ1) is 22.4. The Hall–Kier alpha value is -1.80. The SMILES string of the molecule is Cc1cc(C)cc(-c2ncc(-c3cc([I-])cc(CI)c3)nc2-c2cc(C)cc(C)c2)c1. The van der Waals surface area contributed by atoms with Gasteiger partial charge in [-0.1, -0.05) is 69.1 Å². The largest absolute Gasteiger partial charge is 0.758 e. The van der Waals surface area contributed by atoms with E-state index in [2.05, 4.69) is 127 Å². The highest BCUT2D eigenvalue weighted by atomic mass is 127. The van der Waals surface area contributed by atoms with Crippen molar-refractivity contribution in [1.29, 1.82) is 0 Å². The molecule has 4 heteroatoms. The Morgan fingerprint density at radius 2 is 1.23 bits per heavy atom. The molecule has 157 valence electrons. The number of alkyl halides is 1. The predicted molar refractivity (Wildman–Crippen MR) is 134 cm³/mol. The summed E-state index contributed by atoms with van der Waals surface area (Å²) < 4.78 is 2.19. The second kappa shape index (κ2) is 9.36. The number of aromatic nitrogens is 2. The van der Waals surface area contributed by atoms with Crippen LogP contribution in [0, 0.1) is 31.3 Å². The lowest BCUT2D eigenvalue weighted by molar-refractivity contribution is -0.328. The number of rotatable bonds is 4. The molecule has 0 aliphatic carbocycles. The Morgan fingerprint density at radius 1 is 0.677 bits per heavy atom. The van der Waals surface area contributed by atoms with E-state index in [1.54, 1.807) is 0 Å². The molecule has 0 bridgehead atoms. The highest BCUT2D eigenvalue weighted by Crippen LogP contribution is 2.33. The van der Waals surface area contributed by atoms with E-state index in [0.29, 0.717) is 0 Å². The molecule has 0 saturated heterocycles. The molecule has 4 aromatic rings. The van der Waals surface area contributed by atoms with Gasteiger partial charge in [0.05, 0.1) is 23.3 Å². The second-order valence-electron chi connectivity index (χ2n) is 8.19. The van der Waals surface area contributed by atoms with Gasteiger partial charge in [-0.25, -0.2) is 4.98 Å². The summed E-state index contributed by atoms with van der Waals surface area (Å²) in [6.45, 7) is 8.53. The van der Waals surface area contributed by atoms with Crippen molar-refractivity contribution in [2.75, 3.05) is 0 Å². The lowest BCUT2D eigenvalue weighted by Crippen LogP contribution is -3.34. The van der Waals surface area contributed by atoms with Crippen molar-refractivity contribution < 1.29 is 22.6 Å². The van der Waals surface area contributed by atoms with Gasteiger partial charge in [0, 0.05) is 21.1 Å². The Labute approximate surface area is 211 Å². The minimum absolute atomic E-state index is 0.909. The molecule has 0 fully saturated rings. The topological polar surface area (TPSA) is 25.8 Å². The molecule has 0 N–H and O–H groups in total. The van der Waals surface area contributed by atoms with Crippen LogP contribution >= 0.6 is 22.6 Å². The van der Waals surface area contributed by atoms with E-state index in [9.17, 15) is 0 Å². The Bertz CT molecular complexity index is 1240. The molecule has 0 unspecified atom stereocenters. The quantitative estimate of drug-likeness (QED) is 0.248. The molecular weight excluding hydrogens is 606 g/mol. The molecule has 0 aliphatic rings. The fourth-order valence-electron chi connectivity index (χ4n) is 4.04. The molecule has 0 saturated carbocycles. The maximum Gasteiger partial charge on any atom is 0.0972 e. The van der Waals surface area contributed by atoms with Gasteiger partial charge in [-0.2, -0.15) is 3.57 Å². The molecule has 0 atom stereocenters. The molecule has 0 amide bonds. The van der Waals surface area contributed by atoms with Gasteiger partial charge in [-0.3, -0.25) is 4.98 Å². The average Bonchev–Trinajstić information content (AvgIpc) is 2.71. The first-order valence-corrected chi connectivity index (χ1v) is 12.8. The van der Waals surface area contributed by atoms with Crippen molar-refractivity contribution in [2.24, 2.45) is 0 Å². The lowest BCUT2D eigenvalue weighted by atomic mass is 9.98. The van der Waals surface area contributed by atoms with Crippen molar-refractivity contribution in [2.45, 2.75) is 32.1 Å². The van der Waals surface area contributed by atoms with Crippen LogP contribution in [0.2, 0.25) is 0 Å². The molecular formula is C27H24I2N2-. The summed E-state index contributed by atoms with van der Waals surface area (Å²) in [5.41, 5.74) is 12.3. The maximum atomic E-state index is 5.18. The molecule has 3 aromatic carbocycles. The first-order chi connectivity index (χ1) is 14.8. The lowest BCUT2D eigenvalue weighted by Gasteiger charge is -2.15. The molecule has 2 nitrogen and oxygen atoms in total. The van der Waals surface area contributed by atoms with Crippen molar-refractivity contribution >= 4 is 22.6 Å². The minimum atomic E-state index is 0.909. The van der Waals surface area contributed by atoms with Gasteiger partial charge in [-0.05, 0) is 63.6 Å². The minimum Gasteiger partial charge on any atom is -0.758 e. The van der Waals surface area contributed by atoms with Crippen LogP contribution in [0.15, 0.2) is 60.8 Å². The van der Waals surface area contributed by atoms with Crippen molar-refractivity contribution in [3.8, 4) is 33.8 Å². The Morgan fingerprint density at radius 3 is 1.77 bits per heavy atom. The maximum absolute atomic E-state index is 5.18. The van der Waals surface area contributed by atoms with Crippen LogP contribution in [-0.2, 0) is 4.43 Å². The van der Waals surface area contributed by atoms with E-state index in [-0.39, 0.29) is 0 Å². The van der Waals surface area contributed by atoms with Crippen molar-refractivity contribution in [3.05, 3.63) is 92.2 Å². The van der Waals surface area contributed by atoms with E-state index >= 15 is 0 Å². The third-order valence-electron chi connectivity index (χ3n) is 5.17. The smallest absolute Gasteiger partial charge is 0.0972 e. The number of hydrogen-bond donors (Lipinski definition) is 0. The number of aryl methyl sites for hydroxylation is 4. The van der Waals surface area contributed by atoms with Crippen LogP contribution in [-0.4, -0.2) is 9.97 Å². The third-order valence-corrected chi connectivity index (χ3v) is 6.67. The fraction of sp³-hybridized carbons (Fsp3) is 0.185. The zero-order valence-corrected chi connectivity index (χ0v) is 22.4. The van der Waals surface area contributed by atoms with E-state index in [0.717, 1.165) is 38.2 Å². The van der Waals surface area contributed by atoms with Crippen LogP contribution in [0.1, 0.15) is 27.8 Å². The summed E-state index contributed by atoms with van der Waals surface area (Å²) in [6.07, 6.45) is 1.92. The summed E-state index contributed by atoms with van der Waals surface area (Å²) in [5.74, 6) is 0.